The molecule has 0 unspecified atom stereocenters. The normalized spacial score (nSPS) is 23.4. The highest BCUT2D eigenvalue weighted by molar-refractivity contribution is 7.10. The Morgan fingerprint density at radius 3 is 2.57 bits per heavy atom. The van der Waals surface area contributed by atoms with Crippen molar-refractivity contribution in [3.8, 4) is 0 Å². The van der Waals surface area contributed by atoms with E-state index in [1.54, 1.807) is 24.3 Å². The number of aryl methyl sites for hydroxylation is 2. The third-order valence-electron chi connectivity index (χ3n) is 5.71. The Bertz CT molecular complexity index is 867. The van der Waals surface area contributed by atoms with E-state index in [4.69, 9.17) is 0 Å². The summed E-state index contributed by atoms with van der Waals surface area (Å²) in [6, 6.07) is 1.69. The summed E-state index contributed by atoms with van der Waals surface area (Å²) in [5.41, 5.74) is 1.28. The van der Waals surface area contributed by atoms with Gasteiger partial charge in [0.1, 0.15) is 5.82 Å². The van der Waals surface area contributed by atoms with Gasteiger partial charge in [-0.25, -0.2) is 4.68 Å². The Balaban J connectivity index is 1.44. The van der Waals surface area contributed by atoms with Gasteiger partial charge >= 0.3 is 6.18 Å². The number of amides is 1. The van der Waals surface area contributed by atoms with Crippen molar-refractivity contribution >= 4 is 23.1 Å². The Morgan fingerprint density at radius 2 is 1.96 bits per heavy atom. The van der Waals surface area contributed by atoms with Crippen molar-refractivity contribution in [2.24, 2.45) is 5.92 Å². The molecule has 0 saturated carbocycles. The van der Waals surface area contributed by atoms with E-state index in [2.05, 4.69) is 10.4 Å². The first-order valence-electron chi connectivity index (χ1n) is 9.46. The molecule has 4 rings (SSSR count). The van der Waals surface area contributed by atoms with Crippen LogP contribution in [-0.2, 0) is 0 Å². The van der Waals surface area contributed by atoms with Crippen LogP contribution in [0.15, 0.2) is 17.5 Å². The quantitative estimate of drug-likeness (QED) is 0.795. The van der Waals surface area contributed by atoms with Crippen molar-refractivity contribution < 1.29 is 18.0 Å². The molecule has 9 heteroatoms. The topological polar surface area (TPSA) is 50.2 Å². The molecule has 0 bridgehead atoms. The van der Waals surface area contributed by atoms with Gasteiger partial charge in [-0.15, -0.1) is 11.3 Å². The lowest BCUT2D eigenvalue weighted by atomic mass is 9.84. The standard InChI is InChI=1S/C19H23F3N4OS/c1-11-7-17-23-15(9-16(19(20,21)22)26(17)24-11)13-3-5-25(6-4-13)18(27)14-8-12(2)28-10-14/h7-8,10,13,15-16,23H,3-6,9H2,1-2H3/t15-,16+/m0/s1. The van der Waals surface area contributed by atoms with Gasteiger partial charge in [0, 0.05) is 35.5 Å². The minimum Gasteiger partial charge on any atom is -0.367 e. The molecule has 28 heavy (non-hydrogen) atoms. The molecule has 1 fully saturated rings. The van der Waals surface area contributed by atoms with E-state index in [1.165, 1.54) is 0 Å². The number of rotatable bonds is 2. The van der Waals surface area contributed by atoms with Crippen molar-refractivity contribution in [2.45, 2.75) is 51.4 Å². The monoisotopic (exact) mass is 412 g/mol. The Morgan fingerprint density at radius 1 is 1.25 bits per heavy atom. The van der Waals surface area contributed by atoms with Gasteiger partial charge in [-0.2, -0.15) is 18.3 Å². The highest BCUT2D eigenvalue weighted by Crippen LogP contribution is 2.42. The van der Waals surface area contributed by atoms with E-state index >= 15 is 0 Å². The maximum Gasteiger partial charge on any atom is 0.410 e. The molecule has 0 aliphatic carbocycles. The lowest BCUT2D eigenvalue weighted by Crippen LogP contribution is -2.47. The Hall–Kier alpha value is -2.03. The van der Waals surface area contributed by atoms with Crippen molar-refractivity contribution in [2.75, 3.05) is 18.4 Å². The molecule has 2 aliphatic rings. The number of piperidine rings is 1. The fourth-order valence-electron chi connectivity index (χ4n) is 4.28. The average Bonchev–Trinajstić information content (AvgIpc) is 3.24. The molecule has 0 radical (unpaired) electrons. The van der Waals surface area contributed by atoms with Crippen molar-refractivity contribution in [1.29, 1.82) is 0 Å². The van der Waals surface area contributed by atoms with Gasteiger partial charge in [0.25, 0.3) is 5.91 Å². The number of aromatic nitrogens is 2. The van der Waals surface area contributed by atoms with Crippen LogP contribution in [0.5, 0.6) is 0 Å². The molecular weight excluding hydrogens is 389 g/mol. The molecule has 5 nitrogen and oxygen atoms in total. The number of nitrogens with zero attached hydrogens (tertiary/aromatic N) is 3. The van der Waals surface area contributed by atoms with E-state index in [9.17, 15) is 18.0 Å². The summed E-state index contributed by atoms with van der Waals surface area (Å²) in [5.74, 6) is 0.548. The third kappa shape index (κ3) is 3.64. The second-order valence-electron chi connectivity index (χ2n) is 7.74. The maximum atomic E-state index is 13.6. The van der Waals surface area contributed by atoms with Gasteiger partial charge in [0.15, 0.2) is 6.04 Å². The van der Waals surface area contributed by atoms with Crippen LogP contribution < -0.4 is 5.32 Å². The molecule has 1 amide bonds. The minimum absolute atomic E-state index is 0.0151. The van der Waals surface area contributed by atoms with Gasteiger partial charge in [-0.3, -0.25) is 4.79 Å². The van der Waals surface area contributed by atoms with E-state index in [-0.39, 0.29) is 24.3 Å². The molecule has 2 aromatic heterocycles. The molecule has 2 aromatic rings. The van der Waals surface area contributed by atoms with Crippen LogP contribution in [0, 0.1) is 19.8 Å². The zero-order valence-corrected chi connectivity index (χ0v) is 16.6. The summed E-state index contributed by atoms with van der Waals surface area (Å²) in [6.07, 6.45) is -2.96. The fraction of sp³-hybridized carbons (Fsp3) is 0.579. The third-order valence-corrected chi connectivity index (χ3v) is 6.58. The first kappa shape index (κ1) is 19.3. The SMILES string of the molecule is Cc1cc2n(n1)[C@@H](C(F)(F)F)C[C@@H](C1CCN(C(=O)c3csc(C)c3)CC1)N2. The maximum absolute atomic E-state index is 13.6. The first-order chi connectivity index (χ1) is 13.2. The minimum atomic E-state index is -4.33. The Kier molecular flexibility index (Phi) is 4.89. The molecule has 152 valence electrons. The summed E-state index contributed by atoms with van der Waals surface area (Å²) in [5, 5.41) is 9.16. The number of alkyl halides is 3. The highest BCUT2D eigenvalue weighted by atomic mass is 32.1. The molecule has 1 saturated heterocycles. The van der Waals surface area contributed by atoms with Crippen molar-refractivity contribution in [3.63, 3.8) is 0 Å². The fourth-order valence-corrected chi connectivity index (χ4v) is 4.95. The average molecular weight is 412 g/mol. The summed E-state index contributed by atoms with van der Waals surface area (Å²) in [6.45, 7) is 4.81. The van der Waals surface area contributed by atoms with Gasteiger partial charge in [0.2, 0.25) is 0 Å². The molecule has 2 aliphatic heterocycles. The van der Waals surface area contributed by atoms with Crippen LogP contribution in [0.3, 0.4) is 0 Å². The highest BCUT2D eigenvalue weighted by Gasteiger charge is 2.47. The van der Waals surface area contributed by atoms with Crippen LogP contribution >= 0.6 is 11.3 Å². The first-order valence-corrected chi connectivity index (χ1v) is 10.3. The molecule has 1 N–H and O–H groups in total. The second kappa shape index (κ2) is 7.09. The summed E-state index contributed by atoms with van der Waals surface area (Å²) in [4.78, 5) is 15.5. The van der Waals surface area contributed by atoms with Gasteiger partial charge < -0.3 is 10.2 Å². The van der Waals surface area contributed by atoms with E-state index in [1.807, 2.05) is 23.3 Å². The zero-order chi connectivity index (χ0) is 20.1. The van der Waals surface area contributed by atoms with Crippen molar-refractivity contribution in [1.82, 2.24) is 14.7 Å². The van der Waals surface area contributed by atoms with E-state index < -0.39 is 12.2 Å². The van der Waals surface area contributed by atoms with Crippen LogP contribution in [-0.4, -0.2) is 45.9 Å². The van der Waals surface area contributed by atoms with Crippen LogP contribution in [0.1, 0.15) is 46.2 Å². The number of thiophene rings is 1. The number of halogens is 3. The lowest BCUT2D eigenvalue weighted by molar-refractivity contribution is -0.174. The molecule has 2 atom stereocenters. The van der Waals surface area contributed by atoms with Crippen molar-refractivity contribution in [3.05, 3.63) is 33.6 Å². The number of hydrogen-bond acceptors (Lipinski definition) is 4. The smallest absolute Gasteiger partial charge is 0.367 e. The van der Waals surface area contributed by atoms with Crippen LogP contribution in [0.4, 0.5) is 19.0 Å². The van der Waals surface area contributed by atoms with E-state index in [0.717, 1.165) is 9.56 Å². The van der Waals surface area contributed by atoms with Gasteiger partial charge in [-0.1, -0.05) is 0 Å². The summed E-state index contributed by atoms with van der Waals surface area (Å²) in [7, 11) is 0. The number of carbonyl (C=O) groups is 1. The van der Waals surface area contributed by atoms with Crippen LogP contribution in [0.2, 0.25) is 0 Å². The molecule has 0 spiro atoms. The largest absolute Gasteiger partial charge is 0.410 e. The summed E-state index contributed by atoms with van der Waals surface area (Å²) >= 11 is 1.55. The number of anilines is 1. The molecule has 4 heterocycles. The second-order valence-corrected chi connectivity index (χ2v) is 8.85. The van der Waals surface area contributed by atoms with Crippen LogP contribution in [0.25, 0.3) is 0 Å². The molecule has 0 aromatic carbocycles. The zero-order valence-electron chi connectivity index (χ0n) is 15.8. The predicted molar refractivity (Wildman–Crippen MR) is 102 cm³/mol. The number of likely N-dealkylation sites (tertiary alicyclic amines) is 1. The lowest BCUT2D eigenvalue weighted by Gasteiger charge is -2.41. The number of carbonyl (C=O) groups excluding carboxylic acids is 1. The Labute approximate surface area is 165 Å². The number of nitrogens with one attached hydrogen (secondary N) is 1. The number of hydrogen-bond donors (Lipinski definition) is 1. The van der Waals surface area contributed by atoms with Gasteiger partial charge in [0.05, 0.1) is 11.3 Å². The predicted octanol–water partition coefficient (Wildman–Crippen LogP) is 4.40. The number of fused-ring (bicyclic) bond motifs is 1. The van der Waals surface area contributed by atoms with Gasteiger partial charge in [-0.05, 0) is 45.1 Å². The summed E-state index contributed by atoms with van der Waals surface area (Å²) < 4.78 is 41.8. The molecular formula is C19H23F3N4OS. The van der Waals surface area contributed by atoms with E-state index in [0.29, 0.717) is 43.0 Å².